The summed E-state index contributed by atoms with van der Waals surface area (Å²) in [5, 5.41) is 0. The molecular formula is C16H24N4O2. The summed E-state index contributed by atoms with van der Waals surface area (Å²) < 4.78 is 3.11. The Morgan fingerprint density at radius 1 is 1.23 bits per heavy atom. The fourth-order valence-corrected chi connectivity index (χ4v) is 2.97. The summed E-state index contributed by atoms with van der Waals surface area (Å²) in [5.41, 5.74) is 1.15. The number of carbonyl (C=O) groups is 1. The van der Waals surface area contributed by atoms with Crippen molar-refractivity contribution < 1.29 is 4.79 Å². The van der Waals surface area contributed by atoms with Gasteiger partial charge in [0, 0.05) is 24.8 Å². The van der Waals surface area contributed by atoms with Gasteiger partial charge in [0.15, 0.2) is 5.65 Å². The Bertz CT molecular complexity index is 719. The van der Waals surface area contributed by atoms with E-state index in [2.05, 4.69) is 4.98 Å². The minimum absolute atomic E-state index is 0.0460. The summed E-state index contributed by atoms with van der Waals surface area (Å²) in [6.07, 6.45) is 1.66. The highest BCUT2D eigenvalue weighted by Crippen LogP contribution is 2.12. The number of pyridine rings is 1. The third kappa shape index (κ3) is 2.77. The van der Waals surface area contributed by atoms with Crippen LogP contribution in [0.4, 0.5) is 0 Å². The molecule has 2 rings (SSSR count). The molecule has 0 N–H and O–H groups in total. The van der Waals surface area contributed by atoms with Crippen LogP contribution in [-0.2, 0) is 17.9 Å². The van der Waals surface area contributed by atoms with E-state index in [0.717, 1.165) is 0 Å². The second-order valence-corrected chi connectivity index (χ2v) is 5.95. The number of aromatic nitrogens is 3. The van der Waals surface area contributed by atoms with Crippen molar-refractivity contribution in [1.82, 2.24) is 19.0 Å². The van der Waals surface area contributed by atoms with E-state index >= 15 is 0 Å². The lowest BCUT2D eigenvalue weighted by molar-refractivity contribution is -0.135. The van der Waals surface area contributed by atoms with Gasteiger partial charge in [-0.1, -0.05) is 0 Å². The molecule has 2 aromatic heterocycles. The molecule has 6 nitrogen and oxygen atoms in total. The smallest absolute Gasteiger partial charge is 0.330 e. The second-order valence-electron chi connectivity index (χ2n) is 5.95. The van der Waals surface area contributed by atoms with Gasteiger partial charge in [-0.25, -0.2) is 9.78 Å². The number of carbonyl (C=O) groups excluding carboxylic acids is 1. The Balaban J connectivity index is 2.46. The number of amides is 1. The molecule has 0 aromatic carbocycles. The van der Waals surface area contributed by atoms with Crippen molar-refractivity contribution in [3.63, 3.8) is 0 Å². The predicted octanol–water partition coefficient (Wildman–Crippen LogP) is 1.86. The van der Waals surface area contributed by atoms with Crippen LogP contribution >= 0.6 is 0 Å². The third-order valence-corrected chi connectivity index (χ3v) is 3.78. The molecule has 0 aliphatic rings. The molecule has 0 aliphatic carbocycles. The standard InChI is InChI=1S/C16H24N4O2/c1-6-18-15-13(8-7-9-17-15)19(16(18)22)10-14(21)20(11(2)3)12(4)5/h7-9,11-12H,6,10H2,1-5H3. The lowest BCUT2D eigenvalue weighted by Gasteiger charge is -2.30. The zero-order valence-corrected chi connectivity index (χ0v) is 13.9. The van der Waals surface area contributed by atoms with Crippen molar-refractivity contribution >= 4 is 17.1 Å². The molecule has 0 spiro atoms. The Labute approximate surface area is 130 Å². The SMILES string of the molecule is CCn1c(=O)n(CC(=O)N(C(C)C)C(C)C)c2cccnc21. The molecule has 0 bridgehead atoms. The van der Waals surface area contributed by atoms with Gasteiger partial charge in [0.05, 0.1) is 5.52 Å². The van der Waals surface area contributed by atoms with Crippen LogP contribution in [0, 0.1) is 0 Å². The van der Waals surface area contributed by atoms with Crippen LogP contribution in [0.5, 0.6) is 0 Å². The third-order valence-electron chi connectivity index (χ3n) is 3.78. The molecule has 6 heteroatoms. The van der Waals surface area contributed by atoms with Gasteiger partial charge < -0.3 is 4.90 Å². The number of hydrogen-bond acceptors (Lipinski definition) is 3. The van der Waals surface area contributed by atoms with Crippen molar-refractivity contribution in [3.8, 4) is 0 Å². The van der Waals surface area contributed by atoms with Gasteiger partial charge in [0.2, 0.25) is 5.91 Å². The molecule has 2 aromatic rings. The van der Waals surface area contributed by atoms with Gasteiger partial charge in [0.1, 0.15) is 6.54 Å². The molecule has 2 heterocycles. The average molecular weight is 304 g/mol. The molecule has 0 saturated carbocycles. The first-order valence-electron chi connectivity index (χ1n) is 7.73. The monoisotopic (exact) mass is 304 g/mol. The topological polar surface area (TPSA) is 60.1 Å². The average Bonchev–Trinajstić information content (AvgIpc) is 2.70. The highest BCUT2D eigenvalue weighted by atomic mass is 16.2. The number of rotatable bonds is 5. The lowest BCUT2D eigenvalue weighted by Crippen LogP contribution is -2.44. The summed E-state index contributed by atoms with van der Waals surface area (Å²) in [7, 11) is 0. The first kappa shape index (κ1) is 16.3. The van der Waals surface area contributed by atoms with Crippen LogP contribution in [0.2, 0.25) is 0 Å². The number of hydrogen-bond donors (Lipinski definition) is 0. The van der Waals surface area contributed by atoms with E-state index in [0.29, 0.717) is 17.7 Å². The number of nitrogens with zero attached hydrogens (tertiary/aromatic N) is 4. The first-order chi connectivity index (χ1) is 10.4. The van der Waals surface area contributed by atoms with Crippen LogP contribution in [0.25, 0.3) is 11.2 Å². The molecule has 0 fully saturated rings. The normalized spacial score (nSPS) is 11.6. The fraction of sp³-hybridized carbons (Fsp3) is 0.562. The van der Waals surface area contributed by atoms with Gasteiger partial charge in [-0.3, -0.25) is 13.9 Å². The van der Waals surface area contributed by atoms with Crippen LogP contribution in [-0.4, -0.2) is 37.0 Å². The molecule has 0 saturated heterocycles. The van der Waals surface area contributed by atoms with E-state index in [1.165, 1.54) is 4.57 Å². The summed E-state index contributed by atoms with van der Waals surface area (Å²) in [4.78, 5) is 31.2. The molecule has 22 heavy (non-hydrogen) atoms. The highest BCUT2D eigenvalue weighted by Gasteiger charge is 2.23. The van der Waals surface area contributed by atoms with E-state index in [1.807, 2.05) is 40.7 Å². The van der Waals surface area contributed by atoms with Gasteiger partial charge in [-0.2, -0.15) is 0 Å². The van der Waals surface area contributed by atoms with Gasteiger partial charge in [-0.05, 0) is 46.8 Å². The van der Waals surface area contributed by atoms with E-state index < -0.39 is 0 Å². The molecule has 0 aliphatic heterocycles. The molecule has 1 amide bonds. The second kappa shape index (κ2) is 6.34. The molecule has 0 radical (unpaired) electrons. The minimum Gasteiger partial charge on any atom is -0.336 e. The van der Waals surface area contributed by atoms with Gasteiger partial charge >= 0.3 is 5.69 Å². The van der Waals surface area contributed by atoms with Gasteiger partial charge in [0.25, 0.3) is 0 Å². The predicted molar refractivity (Wildman–Crippen MR) is 86.8 cm³/mol. The van der Waals surface area contributed by atoms with Crippen LogP contribution < -0.4 is 5.69 Å². The molecular weight excluding hydrogens is 280 g/mol. The summed E-state index contributed by atoms with van der Waals surface area (Å²) in [6.45, 7) is 10.4. The number of aryl methyl sites for hydroxylation is 1. The highest BCUT2D eigenvalue weighted by molar-refractivity contribution is 5.79. The first-order valence-corrected chi connectivity index (χ1v) is 7.73. The number of imidazole rings is 1. The maximum Gasteiger partial charge on any atom is 0.330 e. The molecule has 120 valence electrons. The Morgan fingerprint density at radius 2 is 1.86 bits per heavy atom. The van der Waals surface area contributed by atoms with Crippen LogP contribution in [0.15, 0.2) is 23.1 Å². The molecule has 0 atom stereocenters. The van der Waals surface area contributed by atoms with E-state index in [1.54, 1.807) is 21.7 Å². The van der Waals surface area contributed by atoms with Crippen molar-refractivity contribution in [2.75, 3.05) is 0 Å². The van der Waals surface area contributed by atoms with Crippen LogP contribution in [0.3, 0.4) is 0 Å². The number of fused-ring (bicyclic) bond motifs is 1. The van der Waals surface area contributed by atoms with Crippen molar-refractivity contribution in [3.05, 3.63) is 28.8 Å². The largest absolute Gasteiger partial charge is 0.336 e. The summed E-state index contributed by atoms with van der Waals surface area (Å²) in [5.74, 6) is -0.0499. The maximum absolute atomic E-state index is 12.6. The van der Waals surface area contributed by atoms with Crippen LogP contribution in [0.1, 0.15) is 34.6 Å². The molecule has 0 unspecified atom stereocenters. The minimum atomic E-state index is -0.183. The summed E-state index contributed by atoms with van der Waals surface area (Å²) in [6, 6.07) is 3.81. The van der Waals surface area contributed by atoms with Crippen molar-refractivity contribution in [2.45, 2.75) is 59.8 Å². The van der Waals surface area contributed by atoms with E-state index in [9.17, 15) is 9.59 Å². The van der Waals surface area contributed by atoms with Crippen molar-refractivity contribution in [1.29, 1.82) is 0 Å². The summed E-state index contributed by atoms with van der Waals surface area (Å²) >= 11 is 0. The lowest BCUT2D eigenvalue weighted by atomic mass is 10.2. The zero-order chi connectivity index (χ0) is 16.4. The Kier molecular flexibility index (Phi) is 4.68. The van der Waals surface area contributed by atoms with Gasteiger partial charge in [-0.15, -0.1) is 0 Å². The Morgan fingerprint density at radius 3 is 2.41 bits per heavy atom. The quantitative estimate of drug-likeness (QED) is 0.847. The fourth-order valence-electron chi connectivity index (χ4n) is 2.97. The maximum atomic E-state index is 12.6. The van der Waals surface area contributed by atoms with E-state index in [4.69, 9.17) is 0 Å². The van der Waals surface area contributed by atoms with E-state index in [-0.39, 0.29) is 30.2 Å². The Hall–Kier alpha value is -2.11. The van der Waals surface area contributed by atoms with Crippen molar-refractivity contribution in [2.24, 2.45) is 0 Å². The zero-order valence-electron chi connectivity index (χ0n) is 13.9.